The molecule has 2 aliphatic heterocycles. The van der Waals surface area contributed by atoms with E-state index in [0.717, 1.165) is 53.6 Å². The van der Waals surface area contributed by atoms with E-state index in [2.05, 4.69) is 23.2 Å². The van der Waals surface area contributed by atoms with Gasteiger partial charge in [-0.3, -0.25) is 9.69 Å². The van der Waals surface area contributed by atoms with E-state index in [1.807, 2.05) is 36.4 Å². The van der Waals surface area contributed by atoms with Crippen molar-refractivity contribution < 1.29 is 23.4 Å². The number of fused-ring (bicyclic) bond motifs is 1. The maximum atomic E-state index is 12.3. The summed E-state index contributed by atoms with van der Waals surface area (Å²) in [5.74, 6) is 3.47. The lowest BCUT2D eigenvalue weighted by atomic mass is 9.98. The van der Waals surface area contributed by atoms with E-state index in [9.17, 15) is 4.79 Å². The standard InChI is InChI=1S/C27H30N2O5/c1-19-4-2-10-29(15-19)16-22-12-20(21-7-9-25-26(13-21)34-18-33-25)6-8-24(22)32-17-27(30)28-14-23-5-3-11-31-23/h3,5-9,11-13,19H,2,4,10,14-18H2,1H3,(H,28,30). The molecular formula is C27H30N2O5. The van der Waals surface area contributed by atoms with Crippen LogP contribution in [0.5, 0.6) is 17.2 Å². The summed E-state index contributed by atoms with van der Waals surface area (Å²) in [5, 5.41) is 2.83. The maximum absolute atomic E-state index is 12.3. The second kappa shape index (κ2) is 10.2. The molecule has 2 aromatic carbocycles. The molecule has 1 N–H and O–H groups in total. The smallest absolute Gasteiger partial charge is 0.258 e. The summed E-state index contributed by atoms with van der Waals surface area (Å²) in [4.78, 5) is 14.8. The third kappa shape index (κ3) is 5.37. The Morgan fingerprint density at radius 2 is 1.97 bits per heavy atom. The molecule has 0 spiro atoms. The minimum atomic E-state index is -0.186. The average Bonchev–Trinajstić information content (AvgIpc) is 3.53. The minimum absolute atomic E-state index is 0.0481. The quantitative estimate of drug-likeness (QED) is 0.527. The number of hydrogen-bond donors (Lipinski definition) is 1. The Morgan fingerprint density at radius 3 is 2.82 bits per heavy atom. The number of carbonyl (C=O) groups excluding carboxylic acids is 1. The Morgan fingerprint density at radius 1 is 1.12 bits per heavy atom. The summed E-state index contributed by atoms with van der Waals surface area (Å²) in [5.41, 5.74) is 3.20. The van der Waals surface area contributed by atoms with Gasteiger partial charge >= 0.3 is 0 Å². The molecule has 1 amide bonds. The molecule has 3 heterocycles. The number of rotatable bonds is 8. The molecule has 1 atom stereocenters. The molecule has 3 aromatic rings. The van der Waals surface area contributed by atoms with Crippen molar-refractivity contribution in [2.45, 2.75) is 32.9 Å². The first-order valence-corrected chi connectivity index (χ1v) is 11.8. The Labute approximate surface area is 199 Å². The van der Waals surface area contributed by atoms with Crippen LogP contribution in [-0.2, 0) is 17.9 Å². The van der Waals surface area contributed by atoms with Gasteiger partial charge in [-0.15, -0.1) is 0 Å². The predicted molar refractivity (Wildman–Crippen MR) is 128 cm³/mol. The molecule has 0 bridgehead atoms. The number of likely N-dealkylation sites (tertiary alicyclic amines) is 1. The highest BCUT2D eigenvalue weighted by atomic mass is 16.7. The SMILES string of the molecule is CC1CCCN(Cc2cc(-c3ccc4c(c3)OCO4)ccc2OCC(=O)NCc2ccco2)C1. The second-order valence-corrected chi connectivity index (χ2v) is 9.02. The Bertz CT molecular complexity index is 1130. The third-order valence-electron chi connectivity index (χ3n) is 6.30. The van der Waals surface area contributed by atoms with Gasteiger partial charge in [0.2, 0.25) is 6.79 Å². The lowest BCUT2D eigenvalue weighted by molar-refractivity contribution is -0.123. The number of carbonyl (C=O) groups is 1. The van der Waals surface area contributed by atoms with Crippen molar-refractivity contribution in [3.63, 3.8) is 0 Å². The molecular weight excluding hydrogens is 432 g/mol. The molecule has 0 saturated carbocycles. The van der Waals surface area contributed by atoms with Gasteiger partial charge in [0, 0.05) is 18.7 Å². The number of piperidine rings is 1. The predicted octanol–water partition coefficient (Wildman–Crippen LogP) is 4.60. The van der Waals surface area contributed by atoms with Crippen molar-refractivity contribution in [3.8, 4) is 28.4 Å². The zero-order chi connectivity index (χ0) is 23.3. The van der Waals surface area contributed by atoms with E-state index in [4.69, 9.17) is 18.6 Å². The van der Waals surface area contributed by atoms with Crippen LogP contribution in [0, 0.1) is 5.92 Å². The zero-order valence-corrected chi connectivity index (χ0v) is 19.4. The van der Waals surface area contributed by atoms with Crippen LogP contribution in [0.2, 0.25) is 0 Å². The number of nitrogens with zero attached hydrogens (tertiary/aromatic N) is 1. The zero-order valence-electron chi connectivity index (χ0n) is 19.4. The molecule has 2 aliphatic rings. The average molecular weight is 463 g/mol. The number of amides is 1. The van der Waals surface area contributed by atoms with Crippen LogP contribution < -0.4 is 19.5 Å². The number of hydrogen-bond acceptors (Lipinski definition) is 6. The molecule has 1 unspecified atom stereocenters. The normalized spacial score (nSPS) is 17.5. The first kappa shape index (κ1) is 22.3. The van der Waals surface area contributed by atoms with Gasteiger partial charge in [0.15, 0.2) is 18.1 Å². The molecule has 5 rings (SSSR count). The van der Waals surface area contributed by atoms with Crippen molar-refractivity contribution in [2.75, 3.05) is 26.5 Å². The number of ether oxygens (including phenoxy) is 3. The van der Waals surface area contributed by atoms with Crippen molar-refractivity contribution in [3.05, 3.63) is 66.1 Å². The Kier molecular flexibility index (Phi) is 6.72. The number of benzene rings is 2. The van der Waals surface area contributed by atoms with Crippen molar-refractivity contribution >= 4 is 5.91 Å². The topological polar surface area (TPSA) is 73.2 Å². The van der Waals surface area contributed by atoms with Crippen LogP contribution >= 0.6 is 0 Å². The van der Waals surface area contributed by atoms with Crippen LogP contribution in [0.25, 0.3) is 11.1 Å². The van der Waals surface area contributed by atoms with Crippen LogP contribution in [0.1, 0.15) is 31.1 Å². The van der Waals surface area contributed by atoms with Gasteiger partial charge in [0.1, 0.15) is 11.5 Å². The second-order valence-electron chi connectivity index (χ2n) is 9.02. The monoisotopic (exact) mass is 462 g/mol. The lowest BCUT2D eigenvalue weighted by Gasteiger charge is -2.31. The summed E-state index contributed by atoms with van der Waals surface area (Å²) in [6, 6.07) is 15.8. The van der Waals surface area contributed by atoms with Crippen LogP contribution in [0.15, 0.2) is 59.2 Å². The summed E-state index contributed by atoms with van der Waals surface area (Å²) in [6.07, 6.45) is 4.06. The Hall–Kier alpha value is -3.45. The molecule has 34 heavy (non-hydrogen) atoms. The number of nitrogens with one attached hydrogen (secondary N) is 1. The van der Waals surface area contributed by atoms with Crippen molar-refractivity contribution in [2.24, 2.45) is 5.92 Å². The van der Waals surface area contributed by atoms with Crippen LogP contribution in [-0.4, -0.2) is 37.3 Å². The van der Waals surface area contributed by atoms with Gasteiger partial charge in [-0.1, -0.05) is 19.1 Å². The van der Waals surface area contributed by atoms with Gasteiger partial charge in [0.05, 0.1) is 12.8 Å². The fourth-order valence-corrected chi connectivity index (χ4v) is 4.56. The molecule has 178 valence electrons. The first-order chi connectivity index (χ1) is 16.6. The lowest BCUT2D eigenvalue weighted by Crippen LogP contribution is -2.34. The maximum Gasteiger partial charge on any atom is 0.258 e. The van der Waals surface area contributed by atoms with E-state index < -0.39 is 0 Å². The third-order valence-corrected chi connectivity index (χ3v) is 6.30. The molecule has 1 fully saturated rings. The molecule has 0 aliphatic carbocycles. The first-order valence-electron chi connectivity index (χ1n) is 11.8. The highest BCUT2D eigenvalue weighted by molar-refractivity contribution is 5.77. The summed E-state index contributed by atoms with van der Waals surface area (Å²) < 4.78 is 22.3. The fraction of sp³-hybridized carbons (Fsp3) is 0.370. The van der Waals surface area contributed by atoms with Gasteiger partial charge in [-0.25, -0.2) is 0 Å². The van der Waals surface area contributed by atoms with Gasteiger partial charge < -0.3 is 23.9 Å². The van der Waals surface area contributed by atoms with Crippen molar-refractivity contribution in [1.82, 2.24) is 10.2 Å². The van der Waals surface area contributed by atoms with Crippen LogP contribution in [0.4, 0.5) is 0 Å². The Balaban J connectivity index is 1.32. The fourth-order valence-electron chi connectivity index (χ4n) is 4.56. The molecule has 0 radical (unpaired) electrons. The van der Waals surface area contributed by atoms with E-state index in [1.165, 1.54) is 12.8 Å². The molecule has 1 saturated heterocycles. The molecule has 1 aromatic heterocycles. The van der Waals surface area contributed by atoms with E-state index in [0.29, 0.717) is 18.2 Å². The van der Waals surface area contributed by atoms with E-state index >= 15 is 0 Å². The summed E-state index contributed by atoms with van der Waals surface area (Å²) in [7, 11) is 0. The highest BCUT2D eigenvalue weighted by Crippen LogP contribution is 2.37. The number of furan rings is 1. The van der Waals surface area contributed by atoms with Crippen LogP contribution in [0.3, 0.4) is 0 Å². The summed E-state index contributed by atoms with van der Waals surface area (Å²) in [6.45, 7) is 5.78. The largest absolute Gasteiger partial charge is 0.483 e. The summed E-state index contributed by atoms with van der Waals surface area (Å²) >= 11 is 0. The minimum Gasteiger partial charge on any atom is -0.483 e. The van der Waals surface area contributed by atoms with Crippen molar-refractivity contribution in [1.29, 1.82) is 0 Å². The molecule has 7 nitrogen and oxygen atoms in total. The van der Waals surface area contributed by atoms with Gasteiger partial charge in [-0.05, 0) is 72.8 Å². The highest BCUT2D eigenvalue weighted by Gasteiger charge is 2.20. The van der Waals surface area contributed by atoms with E-state index in [1.54, 1.807) is 12.3 Å². The van der Waals surface area contributed by atoms with E-state index in [-0.39, 0.29) is 19.3 Å². The molecule has 7 heteroatoms. The van der Waals surface area contributed by atoms with Gasteiger partial charge in [-0.2, -0.15) is 0 Å². The van der Waals surface area contributed by atoms with Gasteiger partial charge in [0.25, 0.3) is 5.91 Å².